The van der Waals surface area contributed by atoms with Crippen molar-refractivity contribution in [3.63, 3.8) is 0 Å². The standard InChI is InChI=1S/C12H14BrN3O/c13-7-3-4-8-14-11-9-5-1-2-6-10(9)12(17)16-15-11/h1-2,5-6H,3-4,7-8H2,(H,14,15)(H,16,17). The van der Waals surface area contributed by atoms with Gasteiger partial charge in [-0.05, 0) is 18.9 Å². The molecule has 2 aromatic rings. The molecule has 0 aliphatic rings. The van der Waals surface area contributed by atoms with E-state index in [1.165, 1.54) is 0 Å². The number of alkyl halides is 1. The van der Waals surface area contributed by atoms with Crippen LogP contribution in [0.2, 0.25) is 0 Å². The normalized spacial score (nSPS) is 10.6. The molecule has 0 saturated heterocycles. The largest absolute Gasteiger partial charge is 0.368 e. The minimum Gasteiger partial charge on any atom is -0.368 e. The lowest BCUT2D eigenvalue weighted by Gasteiger charge is -2.07. The van der Waals surface area contributed by atoms with Gasteiger partial charge in [-0.15, -0.1) is 0 Å². The Bertz CT molecular complexity index is 553. The molecule has 2 N–H and O–H groups in total. The third-order valence-electron chi connectivity index (χ3n) is 2.55. The molecule has 0 saturated carbocycles. The van der Waals surface area contributed by atoms with Crippen molar-refractivity contribution in [2.75, 3.05) is 17.2 Å². The molecule has 4 nitrogen and oxygen atoms in total. The van der Waals surface area contributed by atoms with Gasteiger partial charge in [0.05, 0.1) is 5.39 Å². The topological polar surface area (TPSA) is 57.8 Å². The monoisotopic (exact) mass is 295 g/mol. The number of nitrogens with zero attached hydrogens (tertiary/aromatic N) is 1. The predicted molar refractivity (Wildman–Crippen MR) is 73.9 cm³/mol. The summed E-state index contributed by atoms with van der Waals surface area (Å²) < 4.78 is 0. The highest BCUT2D eigenvalue weighted by atomic mass is 79.9. The lowest BCUT2D eigenvalue weighted by molar-refractivity contribution is 0.839. The van der Waals surface area contributed by atoms with Crippen LogP contribution in [0.4, 0.5) is 5.82 Å². The van der Waals surface area contributed by atoms with E-state index in [0.29, 0.717) is 5.39 Å². The van der Waals surface area contributed by atoms with E-state index >= 15 is 0 Å². The van der Waals surface area contributed by atoms with Gasteiger partial charge < -0.3 is 5.32 Å². The molecule has 90 valence electrons. The maximum Gasteiger partial charge on any atom is 0.272 e. The van der Waals surface area contributed by atoms with E-state index in [0.717, 1.165) is 35.9 Å². The first-order valence-electron chi connectivity index (χ1n) is 5.60. The predicted octanol–water partition coefficient (Wildman–Crippen LogP) is 2.51. The van der Waals surface area contributed by atoms with Gasteiger partial charge in [-0.1, -0.05) is 34.1 Å². The molecule has 0 aliphatic heterocycles. The highest BCUT2D eigenvalue weighted by Crippen LogP contribution is 2.16. The van der Waals surface area contributed by atoms with Crippen molar-refractivity contribution < 1.29 is 0 Å². The lowest BCUT2D eigenvalue weighted by Crippen LogP contribution is -2.12. The van der Waals surface area contributed by atoms with E-state index in [-0.39, 0.29) is 5.56 Å². The first-order chi connectivity index (χ1) is 8.33. The Kier molecular flexibility index (Phi) is 4.14. The number of unbranched alkanes of at least 4 members (excludes halogenated alkanes) is 1. The Balaban J connectivity index is 2.23. The van der Waals surface area contributed by atoms with Crippen LogP contribution >= 0.6 is 15.9 Å². The summed E-state index contributed by atoms with van der Waals surface area (Å²) >= 11 is 3.39. The van der Waals surface area contributed by atoms with Crippen molar-refractivity contribution in [1.29, 1.82) is 0 Å². The number of benzene rings is 1. The molecule has 5 heteroatoms. The van der Waals surface area contributed by atoms with Crippen molar-refractivity contribution in [1.82, 2.24) is 10.2 Å². The van der Waals surface area contributed by atoms with Crippen LogP contribution in [0.3, 0.4) is 0 Å². The molecular formula is C12H14BrN3O. The fourth-order valence-corrected chi connectivity index (χ4v) is 2.07. The molecule has 0 spiro atoms. The average Bonchev–Trinajstić information content (AvgIpc) is 2.37. The maximum absolute atomic E-state index is 11.6. The van der Waals surface area contributed by atoms with Gasteiger partial charge in [0.1, 0.15) is 0 Å². The summed E-state index contributed by atoms with van der Waals surface area (Å²) in [5, 5.41) is 12.3. The molecule has 0 amide bonds. The van der Waals surface area contributed by atoms with Gasteiger partial charge in [0.15, 0.2) is 5.82 Å². The van der Waals surface area contributed by atoms with Gasteiger partial charge in [0.25, 0.3) is 5.56 Å². The van der Waals surface area contributed by atoms with E-state index in [9.17, 15) is 4.79 Å². The number of H-pyrrole nitrogens is 1. The fraction of sp³-hybridized carbons (Fsp3) is 0.333. The number of rotatable bonds is 5. The fourth-order valence-electron chi connectivity index (χ4n) is 1.68. The second kappa shape index (κ2) is 5.82. The summed E-state index contributed by atoms with van der Waals surface area (Å²) in [5.74, 6) is 0.745. The average molecular weight is 296 g/mol. The van der Waals surface area contributed by atoms with Gasteiger partial charge in [-0.2, -0.15) is 5.10 Å². The highest BCUT2D eigenvalue weighted by Gasteiger charge is 2.04. The Morgan fingerprint density at radius 3 is 2.76 bits per heavy atom. The van der Waals surface area contributed by atoms with Crippen LogP contribution in [0, 0.1) is 0 Å². The highest BCUT2D eigenvalue weighted by molar-refractivity contribution is 9.09. The zero-order valence-electron chi connectivity index (χ0n) is 9.37. The zero-order valence-corrected chi connectivity index (χ0v) is 11.0. The number of hydrogen-bond acceptors (Lipinski definition) is 3. The minimum absolute atomic E-state index is 0.147. The molecular weight excluding hydrogens is 282 g/mol. The number of halogens is 1. The number of nitrogens with one attached hydrogen (secondary N) is 2. The van der Waals surface area contributed by atoms with Crippen LogP contribution in [0.15, 0.2) is 29.1 Å². The van der Waals surface area contributed by atoms with Crippen LogP contribution in [-0.2, 0) is 0 Å². The zero-order chi connectivity index (χ0) is 12.1. The summed E-state index contributed by atoms with van der Waals surface area (Å²) in [6.45, 7) is 0.856. The molecule has 0 unspecified atom stereocenters. The maximum atomic E-state index is 11.6. The molecule has 17 heavy (non-hydrogen) atoms. The number of aromatic nitrogens is 2. The Labute approximate surface area is 108 Å². The van der Waals surface area contributed by atoms with Gasteiger partial charge in [-0.25, -0.2) is 5.10 Å². The second-order valence-electron chi connectivity index (χ2n) is 3.77. The van der Waals surface area contributed by atoms with Crippen LogP contribution < -0.4 is 10.9 Å². The van der Waals surface area contributed by atoms with Crippen LogP contribution in [-0.4, -0.2) is 22.1 Å². The number of anilines is 1. The van der Waals surface area contributed by atoms with Crippen LogP contribution in [0.5, 0.6) is 0 Å². The van der Waals surface area contributed by atoms with Crippen LogP contribution in [0.25, 0.3) is 10.8 Å². The van der Waals surface area contributed by atoms with E-state index in [2.05, 4.69) is 31.4 Å². The number of fused-ring (bicyclic) bond motifs is 1. The third-order valence-corrected chi connectivity index (χ3v) is 3.11. The third kappa shape index (κ3) is 2.85. The van der Waals surface area contributed by atoms with Crippen molar-refractivity contribution in [2.45, 2.75) is 12.8 Å². The lowest BCUT2D eigenvalue weighted by atomic mass is 10.2. The molecule has 0 fully saturated rings. The molecule has 0 atom stereocenters. The summed E-state index contributed by atoms with van der Waals surface area (Å²) in [5.41, 5.74) is -0.147. The van der Waals surface area contributed by atoms with E-state index in [1.54, 1.807) is 6.07 Å². The molecule has 2 rings (SSSR count). The first kappa shape index (κ1) is 12.1. The quantitative estimate of drug-likeness (QED) is 0.658. The van der Waals surface area contributed by atoms with Gasteiger partial charge in [0.2, 0.25) is 0 Å². The Morgan fingerprint density at radius 1 is 1.24 bits per heavy atom. The second-order valence-corrected chi connectivity index (χ2v) is 4.56. The molecule has 1 heterocycles. The minimum atomic E-state index is -0.147. The van der Waals surface area contributed by atoms with E-state index in [1.807, 2.05) is 18.2 Å². The van der Waals surface area contributed by atoms with Gasteiger partial charge in [0, 0.05) is 17.3 Å². The van der Waals surface area contributed by atoms with Crippen molar-refractivity contribution in [3.8, 4) is 0 Å². The number of aromatic amines is 1. The molecule has 1 aromatic heterocycles. The summed E-state index contributed by atoms with van der Waals surface area (Å²) in [7, 11) is 0. The van der Waals surface area contributed by atoms with Gasteiger partial charge >= 0.3 is 0 Å². The summed E-state index contributed by atoms with van der Waals surface area (Å²) in [6, 6.07) is 7.48. The molecule has 0 radical (unpaired) electrons. The van der Waals surface area contributed by atoms with Gasteiger partial charge in [-0.3, -0.25) is 4.79 Å². The Hall–Kier alpha value is -1.36. The van der Waals surface area contributed by atoms with E-state index in [4.69, 9.17) is 0 Å². The van der Waals surface area contributed by atoms with Crippen molar-refractivity contribution in [2.24, 2.45) is 0 Å². The van der Waals surface area contributed by atoms with Crippen molar-refractivity contribution >= 4 is 32.5 Å². The molecule has 0 bridgehead atoms. The smallest absolute Gasteiger partial charge is 0.272 e. The van der Waals surface area contributed by atoms with Crippen molar-refractivity contribution in [3.05, 3.63) is 34.6 Å². The summed E-state index contributed by atoms with van der Waals surface area (Å²) in [4.78, 5) is 11.6. The summed E-state index contributed by atoms with van der Waals surface area (Å²) in [6.07, 6.45) is 2.19. The van der Waals surface area contributed by atoms with Crippen LogP contribution in [0.1, 0.15) is 12.8 Å². The number of hydrogen-bond donors (Lipinski definition) is 2. The SMILES string of the molecule is O=c1[nH]nc(NCCCCBr)c2ccccc12. The van der Waals surface area contributed by atoms with E-state index < -0.39 is 0 Å². The first-order valence-corrected chi connectivity index (χ1v) is 6.72. The molecule has 0 aliphatic carbocycles. The molecule has 1 aromatic carbocycles. The Morgan fingerprint density at radius 2 is 2.00 bits per heavy atom.